The van der Waals surface area contributed by atoms with Crippen LogP contribution in [0, 0.1) is 5.92 Å². The molecular weight excluding hydrogens is 404 g/mol. The number of amides is 1. The van der Waals surface area contributed by atoms with E-state index >= 15 is 0 Å². The number of nitrogens with zero attached hydrogens (tertiary/aromatic N) is 2. The fourth-order valence-electron chi connectivity index (χ4n) is 3.76. The monoisotopic (exact) mass is 430 g/mol. The molecule has 0 unspecified atom stereocenters. The third kappa shape index (κ3) is 5.33. The van der Waals surface area contributed by atoms with Crippen molar-refractivity contribution >= 4 is 21.8 Å². The lowest BCUT2D eigenvalue weighted by Gasteiger charge is -2.34. The Balaban J connectivity index is 1.62. The minimum absolute atomic E-state index is 0.0608. The SMILES string of the molecule is COc1ccc(Br)cc1CN1CCC[C@@H](C(=O)N(C)Cc2ccccc2)C1. The molecule has 3 rings (SSSR count). The molecule has 0 saturated carbocycles. The number of carbonyl (C=O) groups excluding carboxylic acids is 1. The fraction of sp³-hybridized carbons (Fsp3) is 0.409. The van der Waals surface area contributed by atoms with Crippen LogP contribution in [0.5, 0.6) is 5.75 Å². The highest BCUT2D eigenvalue weighted by atomic mass is 79.9. The first-order valence-electron chi connectivity index (χ1n) is 9.40. The van der Waals surface area contributed by atoms with E-state index in [1.807, 2.05) is 42.3 Å². The molecular formula is C22H27BrN2O2. The van der Waals surface area contributed by atoms with Gasteiger partial charge in [-0.2, -0.15) is 0 Å². The minimum atomic E-state index is 0.0608. The maximum absolute atomic E-state index is 12.9. The highest BCUT2D eigenvalue weighted by Crippen LogP contribution is 2.27. The number of halogens is 1. The zero-order valence-corrected chi connectivity index (χ0v) is 17.6. The molecule has 2 aromatic rings. The van der Waals surface area contributed by atoms with Gasteiger partial charge in [0.05, 0.1) is 13.0 Å². The summed E-state index contributed by atoms with van der Waals surface area (Å²) in [5.74, 6) is 1.20. The van der Waals surface area contributed by atoms with Gasteiger partial charge in [-0.15, -0.1) is 0 Å². The Morgan fingerprint density at radius 3 is 2.78 bits per heavy atom. The smallest absolute Gasteiger partial charge is 0.227 e. The van der Waals surface area contributed by atoms with Crippen LogP contribution in [0.3, 0.4) is 0 Å². The molecule has 27 heavy (non-hydrogen) atoms. The molecule has 0 spiro atoms. The normalized spacial score (nSPS) is 17.5. The van der Waals surface area contributed by atoms with Gasteiger partial charge in [0.1, 0.15) is 5.75 Å². The van der Waals surface area contributed by atoms with Crippen LogP contribution in [0.1, 0.15) is 24.0 Å². The molecule has 1 aliphatic heterocycles. The first-order valence-corrected chi connectivity index (χ1v) is 10.2. The Morgan fingerprint density at radius 2 is 2.04 bits per heavy atom. The molecule has 0 N–H and O–H groups in total. The first kappa shape index (κ1) is 19.9. The summed E-state index contributed by atoms with van der Waals surface area (Å²) in [6.45, 7) is 3.28. The van der Waals surface area contributed by atoms with E-state index in [1.165, 1.54) is 5.56 Å². The maximum Gasteiger partial charge on any atom is 0.227 e. The minimum Gasteiger partial charge on any atom is -0.496 e. The lowest BCUT2D eigenvalue weighted by atomic mass is 9.96. The highest BCUT2D eigenvalue weighted by molar-refractivity contribution is 9.10. The van der Waals surface area contributed by atoms with E-state index in [0.717, 1.165) is 48.3 Å². The summed E-state index contributed by atoms with van der Waals surface area (Å²) in [6, 6.07) is 16.2. The van der Waals surface area contributed by atoms with Crippen LogP contribution in [0.4, 0.5) is 0 Å². The zero-order valence-electron chi connectivity index (χ0n) is 16.0. The number of likely N-dealkylation sites (tertiary alicyclic amines) is 1. The van der Waals surface area contributed by atoms with E-state index in [1.54, 1.807) is 7.11 Å². The van der Waals surface area contributed by atoms with Gasteiger partial charge < -0.3 is 9.64 Å². The molecule has 1 saturated heterocycles. The lowest BCUT2D eigenvalue weighted by molar-refractivity contribution is -0.136. The van der Waals surface area contributed by atoms with Gasteiger partial charge in [0.25, 0.3) is 0 Å². The summed E-state index contributed by atoms with van der Waals surface area (Å²) >= 11 is 3.54. The Labute approximate surface area is 170 Å². The summed E-state index contributed by atoms with van der Waals surface area (Å²) in [6.07, 6.45) is 2.01. The molecule has 1 atom stereocenters. The summed E-state index contributed by atoms with van der Waals surface area (Å²) in [5, 5.41) is 0. The highest BCUT2D eigenvalue weighted by Gasteiger charge is 2.28. The van der Waals surface area contributed by atoms with Crippen LogP contribution >= 0.6 is 15.9 Å². The topological polar surface area (TPSA) is 32.8 Å². The third-order valence-corrected chi connectivity index (χ3v) is 5.62. The third-order valence-electron chi connectivity index (χ3n) is 5.13. The molecule has 0 aliphatic carbocycles. The van der Waals surface area contributed by atoms with E-state index in [2.05, 4.69) is 39.0 Å². The van der Waals surface area contributed by atoms with Crippen LogP contribution in [0.25, 0.3) is 0 Å². The van der Waals surface area contributed by atoms with Gasteiger partial charge in [-0.1, -0.05) is 46.3 Å². The van der Waals surface area contributed by atoms with E-state index in [0.29, 0.717) is 6.54 Å². The van der Waals surface area contributed by atoms with E-state index in [4.69, 9.17) is 4.74 Å². The van der Waals surface area contributed by atoms with Crippen LogP contribution in [-0.2, 0) is 17.9 Å². The number of benzene rings is 2. The summed E-state index contributed by atoms with van der Waals surface area (Å²) in [4.78, 5) is 17.2. The van der Waals surface area contributed by atoms with Crippen molar-refractivity contribution in [2.24, 2.45) is 5.92 Å². The Bertz CT molecular complexity index is 766. The number of piperidine rings is 1. The van der Waals surface area contributed by atoms with Crippen molar-refractivity contribution in [1.82, 2.24) is 9.80 Å². The van der Waals surface area contributed by atoms with Crippen molar-refractivity contribution in [2.45, 2.75) is 25.9 Å². The van der Waals surface area contributed by atoms with Crippen molar-refractivity contribution in [3.63, 3.8) is 0 Å². The second kappa shape index (κ2) is 9.38. The molecule has 1 amide bonds. The Morgan fingerprint density at radius 1 is 1.26 bits per heavy atom. The summed E-state index contributed by atoms with van der Waals surface area (Å²) in [7, 11) is 3.61. The van der Waals surface area contributed by atoms with Gasteiger partial charge in [-0.3, -0.25) is 9.69 Å². The fourth-order valence-corrected chi connectivity index (χ4v) is 4.17. The van der Waals surface area contributed by atoms with E-state index in [9.17, 15) is 4.79 Å². The molecule has 5 heteroatoms. The Hall–Kier alpha value is -1.85. The van der Waals surface area contributed by atoms with E-state index < -0.39 is 0 Å². The maximum atomic E-state index is 12.9. The predicted molar refractivity (Wildman–Crippen MR) is 112 cm³/mol. The molecule has 0 bridgehead atoms. The average molecular weight is 431 g/mol. The number of hydrogen-bond acceptors (Lipinski definition) is 3. The average Bonchev–Trinajstić information content (AvgIpc) is 2.68. The number of ether oxygens (including phenoxy) is 1. The van der Waals surface area contributed by atoms with Crippen LogP contribution in [-0.4, -0.2) is 43.0 Å². The molecule has 144 valence electrons. The molecule has 0 radical (unpaired) electrons. The second-order valence-electron chi connectivity index (χ2n) is 7.21. The van der Waals surface area contributed by atoms with Crippen LogP contribution in [0.15, 0.2) is 53.0 Å². The van der Waals surface area contributed by atoms with Crippen molar-refractivity contribution in [1.29, 1.82) is 0 Å². The van der Waals surface area contributed by atoms with Gasteiger partial charge >= 0.3 is 0 Å². The quantitative estimate of drug-likeness (QED) is 0.683. The first-order chi connectivity index (χ1) is 13.1. The standard InChI is InChI=1S/C22H27BrN2O2/c1-24(14-17-7-4-3-5-8-17)22(26)18-9-6-12-25(15-18)16-19-13-20(23)10-11-21(19)27-2/h3-5,7-8,10-11,13,18H,6,9,12,14-16H2,1-2H3/t18-/m1/s1. The van der Waals surface area contributed by atoms with Gasteiger partial charge in [0, 0.05) is 36.7 Å². The molecule has 2 aromatic carbocycles. The Kier molecular flexibility index (Phi) is 6.91. The number of rotatable bonds is 6. The van der Waals surface area contributed by atoms with Crippen molar-refractivity contribution < 1.29 is 9.53 Å². The predicted octanol–water partition coefficient (Wildman–Crippen LogP) is 4.33. The second-order valence-corrected chi connectivity index (χ2v) is 8.13. The van der Waals surface area contributed by atoms with Crippen molar-refractivity contribution in [2.75, 3.05) is 27.2 Å². The van der Waals surface area contributed by atoms with Gasteiger partial charge in [-0.25, -0.2) is 0 Å². The molecule has 1 aliphatic rings. The molecule has 1 heterocycles. The van der Waals surface area contributed by atoms with Gasteiger partial charge in [0.2, 0.25) is 5.91 Å². The van der Waals surface area contributed by atoms with Crippen LogP contribution < -0.4 is 4.74 Å². The number of hydrogen-bond donors (Lipinski definition) is 0. The molecule has 0 aromatic heterocycles. The largest absolute Gasteiger partial charge is 0.496 e. The summed E-state index contributed by atoms with van der Waals surface area (Å²) in [5.41, 5.74) is 2.32. The summed E-state index contributed by atoms with van der Waals surface area (Å²) < 4.78 is 6.54. The number of carbonyl (C=O) groups is 1. The van der Waals surface area contributed by atoms with Crippen LogP contribution in [0.2, 0.25) is 0 Å². The van der Waals surface area contributed by atoms with Gasteiger partial charge in [-0.05, 0) is 43.1 Å². The zero-order chi connectivity index (χ0) is 19.2. The molecule has 1 fully saturated rings. The van der Waals surface area contributed by atoms with Crippen molar-refractivity contribution in [3.05, 3.63) is 64.1 Å². The van der Waals surface area contributed by atoms with Crippen molar-refractivity contribution in [3.8, 4) is 5.75 Å². The molecule has 4 nitrogen and oxygen atoms in total. The van der Waals surface area contributed by atoms with E-state index in [-0.39, 0.29) is 11.8 Å². The lowest BCUT2D eigenvalue weighted by Crippen LogP contribution is -2.43. The number of methoxy groups -OCH3 is 1. The van der Waals surface area contributed by atoms with Gasteiger partial charge in [0.15, 0.2) is 0 Å².